The molecule has 0 amide bonds. The lowest BCUT2D eigenvalue weighted by molar-refractivity contribution is 0.420. The van der Waals surface area contributed by atoms with E-state index in [1.54, 1.807) is 0 Å². The summed E-state index contributed by atoms with van der Waals surface area (Å²) in [7, 11) is 0. The van der Waals surface area contributed by atoms with Crippen LogP contribution in [0.4, 0.5) is 5.69 Å². The fraction of sp³-hybridized carbons (Fsp3) is 0.368. The Morgan fingerprint density at radius 1 is 0.950 bits per heavy atom. The van der Waals surface area contributed by atoms with Gasteiger partial charge < -0.3 is 5.32 Å². The largest absolute Gasteiger partial charge is 0.384 e. The van der Waals surface area contributed by atoms with Gasteiger partial charge in [0.25, 0.3) is 0 Å². The Kier molecular flexibility index (Phi) is 2.99. The van der Waals surface area contributed by atoms with E-state index < -0.39 is 0 Å². The quantitative estimate of drug-likeness (QED) is 0.805. The normalized spacial score (nSPS) is 18.0. The summed E-state index contributed by atoms with van der Waals surface area (Å²) in [5.74, 6) is 0.808. The molecule has 2 aromatic carbocycles. The molecule has 4 rings (SSSR count). The molecule has 2 aliphatic rings. The number of para-hydroxylation sites is 1. The van der Waals surface area contributed by atoms with Gasteiger partial charge in [-0.15, -0.1) is 0 Å². The van der Waals surface area contributed by atoms with Crippen molar-refractivity contribution in [3.63, 3.8) is 0 Å². The third-order valence-corrected chi connectivity index (χ3v) is 4.85. The second-order valence-electron chi connectivity index (χ2n) is 6.12. The second kappa shape index (κ2) is 4.97. The standard InChI is InChI=1S/C19H21N/c1-5-14(6-1)16-8-2-9-17(13-16)18-11-3-7-15-10-4-12-20-19(15)18/h2-3,7-9,11,13-14,20H,1,4-6,10,12H2. The molecule has 0 radical (unpaired) electrons. The molecule has 0 saturated heterocycles. The average Bonchev–Trinajstić information content (AvgIpc) is 2.45. The van der Waals surface area contributed by atoms with Crippen LogP contribution in [0, 0.1) is 0 Å². The van der Waals surface area contributed by atoms with Gasteiger partial charge in [-0.1, -0.05) is 48.9 Å². The zero-order valence-corrected chi connectivity index (χ0v) is 11.9. The van der Waals surface area contributed by atoms with Gasteiger partial charge >= 0.3 is 0 Å². The van der Waals surface area contributed by atoms with E-state index in [-0.39, 0.29) is 0 Å². The van der Waals surface area contributed by atoms with Gasteiger partial charge in [-0.25, -0.2) is 0 Å². The Morgan fingerprint density at radius 2 is 1.85 bits per heavy atom. The summed E-state index contributed by atoms with van der Waals surface area (Å²) in [5, 5.41) is 3.61. The van der Waals surface area contributed by atoms with E-state index in [4.69, 9.17) is 0 Å². The third-order valence-electron chi connectivity index (χ3n) is 4.85. The molecule has 0 unspecified atom stereocenters. The van der Waals surface area contributed by atoms with Crippen LogP contribution in [0.5, 0.6) is 0 Å². The summed E-state index contributed by atoms with van der Waals surface area (Å²) in [6.45, 7) is 1.10. The highest BCUT2D eigenvalue weighted by Gasteiger charge is 2.20. The number of rotatable bonds is 2. The van der Waals surface area contributed by atoms with Crippen LogP contribution in [0.1, 0.15) is 42.7 Å². The van der Waals surface area contributed by atoms with Gasteiger partial charge in [-0.2, -0.15) is 0 Å². The maximum Gasteiger partial charge on any atom is 0.0452 e. The summed E-state index contributed by atoms with van der Waals surface area (Å²) >= 11 is 0. The van der Waals surface area contributed by atoms with Crippen LogP contribution < -0.4 is 5.32 Å². The van der Waals surface area contributed by atoms with Crippen molar-refractivity contribution in [3.8, 4) is 11.1 Å². The molecular weight excluding hydrogens is 242 g/mol. The van der Waals surface area contributed by atoms with E-state index in [1.807, 2.05) is 0 Å². The Labute approximate surface area is 121 Å². The molecule has 102 valence electrons. The molecule has 1 heteroatoms. The number of hydrogen-bond acceptors (Lipinski definition) is 1. The highest BCUT2D eigenvalue weighted by atomic mass is 14.9. The predicted molar refractivity (Wildman–Crippen MR) is 85.3 cm³/mol. The van der Waals surface area contributed by atoms with Crippen molar-refractivity contribution in [3.05, 3.63) is 53.6 Å². The number of hydrogen-bond donors (Lipinski definition) is 1. The lowest BCUT2D eigenvalue weighted by Crippen LogP contribution is -2.12. The van der Waals surface area contributed by atoms with Crippen molar-refractivity contribution in [1.82, 2.24) is 0 Å². The van der Waals surface area contributed by atoms with Gasteiger partial charge in [0.1, 0.15) is 0 Å². The first-order valence-corrected chi connectivity index (χ1v) is 7.88. The van der Waals surface area contributed by atoms with Crippen LogP contribution in [0.15, 0.2) is 42.5 Å². The fourth-order valence-electron chi connectivity index (χ4n) is 3.45. The van der Waals surface area contributed by atoms with Gasteiger partial charge in [0, 0.05) is 17.8 Å². The Balaban J connectivity index is 1.77. The molecule has 1 aliphatic heterocycles. The lowest BCUT2D eigenvalue weighted by atomic mass is 9.79. The minimum atomic E-state index is 0.808. The molecule has 1 N–H and O–H groups in total. The smallest absolute Gasteiger partial charge is 0.0452 e. The third kappa shape index (κ3) is 2.02. The summed E-state index contributed by atoms with van der Waals surface area (Å²) < 4.78 is 0. The van der Waals surface area contributed by atoms with Gasteiger partial charge in [-0.05, 0) is 48.3 Å². The molecule has 1 fully saturated rings. The van der Waals surface area contributed by atoms with Crippen molar-refractivity contribution in [2.24, 2.45) is 0 Å². The van der Waals surface area contributed by atoms with Gasteiger partial charge in [-0.3, -0.25) is 0 Å². The first-order valence-electron chi connectivity index (χ1n) is 7.88. The molecule has 0 bridgehead atoms. The van der Waals surface area contributed by atoms with E-state index >= 15 is 0 Å². The van der Waals surface area contributed by atoms with Crippen molar-refractivity contribution in [2.45, 2.75) is 38.0 Å². The first kappa shape index (κ1) is 12.0. The van der Waals surface area contributed by atoms with E-state index in [1.165, 1.54) is 60.0 Å². The maximum absolute atomic E-state index is 3.61. The monoisotopic (exact) mass is 263 g/mol. The van der Waals surface area contributed by atoms with E-state index in [0.29, 0.717) is 0 Å². The summed E-state index contributed by atoms with van der Waals surface area (Å²) in [5.41, 5.74) is 7.12. The maximum atomic E-state index is 3.61. The summed E-state index contributed by atoms with van der Waals surface area (Å²) in [4.78, 5) is 0. The molecule has 0 atom stereocenters. The van der Waals surface area contributed by atoms with Crippen LogP contribution in [-0.4, -0.2) is 6.54 Å². The molecular formula is C19H21N. The zero-order chi connectivity index (χ0) is 13.4. The van der Waals surface area contributed by atoms with Crippen LogP contribution in [0.2, 0.25) is 0 Å². The highest BCUT2D eigenvalue weighted by molar-refractivity contribution is 5.81. The van der Waals surface area contributed by atoms with Gasteiger partial charge in [0.15, 0.2) is 0 Å². The first-order chi connectivity index (χ1) is 9.92. The number of benzene rings is 2. The topological polar surface area (TPSA) is 12.0 Å². The van der Waals surface area contributed by atoms with Crippen molar-refractivity contribution < 1.29 is 0 Å². The lowest BCUT2D eigenvalue weighted by Gasteiger charge is -2.27. The van der Waals surface area contributed by atoms with Crippen LogP contribution in [0.25, 0.3) is 11.1 Å². The molecule has 0 aromatic heterocycles. The molecule has 1 saturated carbocycles. The fourth-order valence-corrected chi connectivity index (χ4v) is 3.45. The van der Waals surface area contributed by atoms with Crippen LogP contribution >= 0.6 is 0 Å². The van der Waals surface area contributed by atoms with Gasteiger partial charge in [0.05, 0.1) is 0 Å². The number of nitrogens with one attached hydrogen (secondary N) is 1. The molecule has 1 nitrogen and oxygen atoms in total. The van der Waals surface area contributed by atoms with Crippen LogP contribution in [-0.2, 0) is 6.42 Å². The Hall–Kier alpha value is -1.76. The predicted octanol–water partition coefficient (Wildman–Crippen LogP) is 4.98. The van der Waals surface area contributed by atoms with E-state index in [9.17, 15) is 0 Å². The average molecular weight is 263 g/mol. The summed E-state index contributed by atoms with van der Waals surface area (Å²) in [6, 6.07) is 15.9. The highest BCUT2D eigenvalue weighted by Crippen LogP contribution is 2.39. The van der Waals surface area contributed by atoms with Crippen molar-refractivity contribution >= 4 is 5.69 Å². The summed E-state index contributed by atoms with van der Waals surface area (Å²) in [6.07, 6.45) is 6.59. The number of anilines is 1. The molecule has 20 heavy (non-hydrogen) atoms. The minimum Gasteiger partial charge on any atom is -0.384 e. The Morgan fingerprint density at radius 3 is 2.70 bits per heavy atom. The molecule has 1 heterocycles. The molecule has 1 aliphatic carbocycles. The molecule has 0 spiro atoms. The number of aryl methyl sites for hydroxylation is 1. The van der Waals surface area contributed by atoms with Crippen molar-refractivity contribution in [2.75, 3.05) is 11.9 Å². The van der Waals surface area contributed by atoms with Gasteiger partial charge in [0.2, 0.25) is 0 Å². The minimum absolute atomic E-state index is 0.808. The van der Waals surface area contributed by atoms with E-state index in [2.05, 4.69) is 47.8 Å². The molecule has 2 aromatic rings. The number of fused-ring (bicyclic) bond motifs is 1. The van der Waals surface area contributed by atoms with Crippen molar-refractivity contribution in [1.29, 1.82) is 0 Å². The zero-order valence-electron chi connectivity index (χ0n) is 11.9. The SMILES string of the molecule is c1cc(-c2cccc3c2NCCC3)cc(C2CCC2)c1. The second-order valence-corrected chi connectivity index (χ2v) is 6.12. The van der Waals surface area contributed by atoms with Crippen LogP contribution in [0.3, 0.4) is 0 Å². The Bertz CT molecular complexity index is 625. The van der Waals surface area contributed by atoms with E-state index in [0.717, 1.165) is 12.5 Å².